The number of rotatable bonds is 7. The number of benzene rings is 1. The molecule has 0 aliphatic heterocycles. The molecule has 0 aliphatic carbocycles. The summed E-state index contributed by atoms with van der Waals surface area (Å²) >= 11 is 0. The van der Waals surface area contributed by atoms with Crippen LogP contribution < -0.4 is 10.5 Å². The summed E-state index contributed by atoms with van der Waals surface area (Å²) in [4.78, 5) is 19.1. The summed E-state index contributed by atoms with van der Waals surface area (Å²) in [6, 6.07) is 7.46. The average molecular weight is 406 g/mol. The van der Waals surface area contributed by atoms with E-state index in [1.54, 1.807) is 6.07 Å². The highest BCUT2D eigenvalue weighted by atomic mass is 16.4. The van der Waals surface area contributed by atoms with E-state index in [2.05, 4.69) is 30.3 Å². The van der Waals surface area contributed by atoms with Gasteiger partial charge >= 0.3 is 5.63 Å². The Bertz CT molecular complexity index is 1110. The van der Waals surface area contributed by atoms with Gasteiger partial charge in [-0.25, -0.2) is 9.79 Å². The van der Waals surface area contributed by atoms with Crippen LogP contribution in [-0.4, -0.2) is 24.6 Å². The number of amidine groups is 1. The molecule has 1 heterocycles. The molecule has 0 fully saturated rings. The van der Waals surface area contributed by atoms with Crippen LogP contribution >= 0.6 is 0 Å². The molecule has 0 aliphatic rings. The number of anilines is 1. The summed E-state index contributed by atoms with van der Waals surface area (Å²) in [7, 11) is 0. The van der Waals surface area contributed by atoms with Crippen molar-refractivity contribution in [2.24, 2.45) is 4.99 Å². The van der Waals surface area contributed by atoms with E-state index in [0.717, 1.165) is 40.9 Å². The van der Waals surface area contributed by atoms with Crippen LogP contribution in [-0.2, 0) is 0 Å². The third kappa shape index (κ3) is 5.23. The molecule has 0 saturated heterocycles. The molecule has 0 radical (unpaired) electrons. The first-order valence-corrected chi connectivity index (χ1v) is 10.2. The number of nitrogens with zero attached hydrogens (tertiary/aromatic N) is 2. The fourth-order valence-corrected chi connectivity index (χ4v) is 3.16. The highest BCUT2D eigenvalue weighted by Gasteiger charge is 2.12. The molecule has 0 spiro atoms. The fraction of sp³-hybridized carbons (Fsp3) is 0.320. The van der Waals surface area contributed by atoms with E-state index in [4.69, 9.17) is 9.83 Å². The first-order valence-electron chi connectivity index (χ1n) is 10.2. The van der Waals surface area contributed by atoms with Crippen molar-refractivity contribution in [3.05, 3.63) is 75.7 Å². The van der Waals surface area contributed by atoms with Gasteiger partial charge in [0.25, 0.3) is 0 Å². The van der Waals surface area contributed by atoms with Crippen LogP contribution in [0.2, 0.25) is 0 Å². The van der Waals surface area contributed by atoms with E-state index in [1.807, 2.05) is 58.0 Å². The maximum absolute atomic E-state index is 12.5. The summed E-state index contributed by atoms with van der Waals surface area (Å²) in [5.74, 6) is -0.110. The molecule has 0 bridgehead atoms. The second-order valence-corrected chi connectivity index (χ2v) is 7.24. The van der Waals surface area contributed by atoms with Crippen LogP contribution in [0.4, 0.5) is 5.69 Å². The van der Waals surface area contributed by atoms with E-state index >= 15 is 0 Å². The van der Waals surface area contributed by atoms with Gasteiger partial charge in [0.05, 0.1) is 0 Å². The summed E-state index contributed by atoms with van der Waals surface area (Å²) in [6.45, 7) is 17.5. The Labute approximate surface area is 178 Å². The normalized spacial score (nSPS) is 12.9. The fourth-order valence-electron chi connectivity index (χ4n) is 3.16. The van der Waals surface area contributed by atoms with Gasteiger partial charge in [-0.3, -0.25) is 5.41 Å². The van der Waals surface area contributed by atoms with Crippen LogP contribution in [0.3, 0.4) is 0 Å². The van der Waals surface area contributed by atoms with Gasteiger partial charge in [-0.15, -0.1) is 0 Å². The number of aliphatic imine (C=N–C) groups is 1. The first kappa shape index (κ1) is 23.1. The molecule has 5 nitrogen and oxygen atoms in total. The molecule has 5 heteroatoms. The Morgan fingerprint density at radius 2 is 1.87 bits per heavy atom. The summed E-state index contributed by atoms with van der Waals surface area (Å²) in [6.07, 6.45) is 3.96. The van der Waals surface area contributed by atoms with Crippen molar-refractivity contribution in [2.75, 3.05) is 18.0 Å². The van der Waals surface area contributed by atoms with Crippen LogP contribution in [0.15, 0.2) is 73.9 Å². The average Bonchev–Trinajstić information content (AvgIpc) is 2.71. The number of allylic oxidation sites excluding steroid dienone is 5. The molecular formula is C25H31N3O2. The Kier molecular flexibility index (Phi) is 7.70. The molecular weight excluding hydrogens is 374 g/mol. The van der Waals surface area contributed by atoms with Crippen LogP contribution in [0.1, 0.15) is 47.1 Å². The maximum Gasteiger partial charge on any atom is 0.347 e. The molecule has 2 rings (SSSR count). The Hall–Kier alpha value is -3.21. The van der Waals surface area contributed by atoms with Crippen molar-refractivity contribution < 1.29 is 4.42 Å². The minimum absolute atomic E-state index is 0.110. The van der Waals surface area contributed by atoms with Crippen LogP contribution in [0, 0.1) is 5.41 Å². The molecule has 1 N–H and O–H groups in total. The standard InChI is InChI=1S/C25H31N3O2/c1-8-19(16(4)5)13-17(6)18(7)27-24(26)22-14-20-11-12-21(28(9-2)10-3)15-23(20)30-25(22)29/h8,11-15,26H,4,9-10H2,1-3,5-7H3/b17-13+,19-8-,26-24?,27-18?. The summed E-state index contributed by atoms with van der Waals surface area (Å²) in [5, 5.41) is 9.10. The highest BCUT2D eigenvalue weighted by Crippen LogP contribution is 2.22. The van der Waals surface area contributed by atoms with Crippen molar-refractivity contribution in [1.82, 2.24) is 0 Å². The molecule has 2 aromatic rings. The molecule has 1 aromatic heterocycles. The van der Waals surface area contributed by atoms with Crippen molar-refractivity contribution in [3.8, 4) is 0 Å². The summed E-state index contributed by atoms with van der Waals surface area (Å²) < 4.78 is 5.52. The molecule has 0 unspecified atom stereocenters. The quantitative estimate of drug-likeness (QED) is 0.270. The van der Waals surface area contributed by atoms with Crippen molar-refractivity contribution >= 4 is 28.2 Å². The SMILES string of the molecule is C=C(C)C(=C\C)/C=C(\C)C(C)=NC(=N)c1cc2ccc(N(CC)CC)cc2oc1=O. The predicted molar refractivity (Wildman–Crippen MR) is 128 cm³/mol. The van der Waals surface area contributed by atoms with Gasteiger partial charge in [0, 0.05) is 35.9 Å². The Morgan fingerprint density at radius 3 is 2.43 bits per heavy atom. The number of nitrogens with one attached hydrogen (secondary N) is 1. The largest absolute Gasteiger partial charge is 0.422 e. The maximum atomic E-state index is 12.5. The minimum Gasteiger partial charge on any atom is -0.422 e. The topological polar surface area (TPSA) is 69.7 Å². The number of fused-ring (bicyclic) bond motifs is 1. The van der Waals surface area contributed by atoms with Gasteiger partial charge in [0.15, 0.2) is 5.84 Å². The Morgan fingerprint density at radius 1 is 1.20 bits per heavy atom. The third-order valence-electron chi connectivity index (χ3n) is 5.13. The zero-order valence-corrected chi connectivity index (χ0v) is 18.8. The monoisotopic (exact) mass is 405 g/mol. The van der Waals surface area contributed by atoms with Gasteiger partial charge in [0.2, 0.25) is 0 Å². The zero-order valence-electron chi connectivity index (χ0n) is 18.8. The van der Waals surface area contributed by atoms with Gasteiger partial charge in [-0.2, -0.15) is 0 Å². The van der Waals surface area contributed by atoms with E-state index in [0.29, 0.717) is 11.3 Å². The van der Waals surface area contributed by atoms with Crippen LogP contribution in [0.25, 0.3) is 11.0 Å². The molecule has 0 atom stereocenters. The van der Waals surface area contributed by atoms with Crippen molar-refractivity contribution in [3.63, 3.8) is 0 Å². The van der Waals surface area contributed by atoms with Gasteiger partial charge < -0.3 is 9.32 Å². The molecule has 0 saturated carbocycles. The van der Waals surface area contributed by atoms with Crippen molar-refractivity contribution in [1.29, 1.82) is 5.41 Å². The number of hydrogen-bond acceptors (Lipinski definition) is 4. The lowest BCUT2D eigenvalue weighted by atomic mass is 10.0. The predicted octanol–water partition coefficient (Wildman–Crippen LogP) is 5.89. The smallest absolute Gasteiger partial charge is 0.347 e. The van der Waals surface area contributed by atoms with E-state index in [9.17, 15) is 4.79 Å². The second-order valence-electron chi connectivity index (χ2n) is 7.24. The van der Waals surface area contributed by atoms with E-state index < -0.39 is 5.63 Å². The lowest BCUT2D eigenvalue weighted by molar-refractivity contribution is 0.559. The van der Waals surface area contributed by atoms with Gasteiger partial charge in [-0.05, 0) is 70.9 Å². The molecule has 0 amide bonds. The lowest BCUT2D eigenvalue weighted by Gasteiger charge is -2.21. The number of hydrogen-bond donors (Lipinski definition) is 1. The van der Waals surface area contributed by atoms with Gasteiger partial charge in [-0.1, -0.05) is 24.3 Å². The highest BCUT2D eigenvalue weighted by molar-refractivity contribution is 6.10. The van der Waals surface area contributed by atoms with E-state index in [1.165, 1.54) is 0 Å². The Balaban J connectivity index is 2.41. The molecule has 1 aromatic carbocycles. The lowest BCUT2D eigenvalue weighted by Crippen LogP contribution is -2.21. The summed E-state index contributed by atoms with van der Waals surface area (Å²) in [5.41, 5.74) is 4.65. The first-order chi connectivity index (χ1) is 14.2. The van der Waals surface area contributed by atoms with Crippen LogP contribution in [0.5, 0.6) is 0 Å². The second kappa shape index (κ2) is 10.0. The van der Waals surface area contributed by atoms with Crippen molar-refractivity contribution in [2.45, 2.75) is 41.5 Å². The van der Waals surface area contributed by atoms with Gasteiger partial charge in [0.1, 0.15) is 11.1 Å². The minimum atomic E-state index is -0.557. The third-order valence-corrected chi connectivity index (χ3v) is 5.13. The molecule has 158 valence electrons. The zero-order chi connectivity index (χ0) is 22.4. The van der Waals surface area contributed by atoms with E-state index in [-0.39, 0.29) is 11.4 Å². The molecule has 30 heavy (non-hydrogen) atoms.